The minimum Gasteiger partial charge on any atom is -0.343 e. The molecule has 34 heavy (non-hydrogen) atoms. The summed E-state index contributed by atoms with van der Waals surface area (Å²) < 4.78 is 31.0. The third-order valence-electron chi connectivity index (χ3n) is 6.27. The molecule has 0 bridgehead atoms. The minimum atomic E-state index is -3.98. The number of hydrogen-bond donors (Lipinski definition) is 1. The number of sulfonamides is 1. The molecule has 2 aromatic carbocycles. The highest BCUT2D eigenvalue weighted by Crippen LogP contribution is 2.22. The molecular weight excluding hydrogens is 456 g/mol. The summed E-state index contributed by atoms with van der Waals surface area (Å²) >= 11 is 0. The molecule has 4 rings (SSSR count). The molecule has 1 aromatic heterocycles. The number of nitrogens with zero attached hydrogens (tertiary/aromatic N) is 3. The van der Waals surface area contributed by atoms with E-state index in [4.69, 9.17) is 0 Å². The van der Waals surface area contributed by atoms with E-state index in [1.165, 1.54) is 29.8 Å². The molecule has 0 aliphatic carbocycles. The number of fused-ring (bicyclic) bond motifs is 1. The van der Waals surface area contributed by atoms with Crippen molar-refractivity contribution in [1.82, 2.24) is 14.0 Å². The molecule has 0 saturated carbocycles. The number of anilines is 1. The number of rotatable bonds is 6. The zero-order valence-electron chi connectivity index (χ0n) is 19.5. The number of aryl methyl sites for hydroxylation is 3. The van der Waals surface area contributed by atoms with Gasteiger partial charge in [0.2, 0.25) is 5.91 Å². The molecule has 1 fully saturated rings. The van der Waals surface area contributed by atoms with Crippen molar-refractivity contribution in [3.8, 4) is 0 Å². The number of carbonyl (C=O) groups is 1. The van der Waals surface area contributed by atoms with Crippen LogP contribution in [-0.4, -0.2) is 41.4 Å². The Morgan fingerprint density at radius 1 is 1.03 bits per heavy atom. The van der Waals surface area contributed by atoms with Gasteiger partial charge in [-0.3, -0.25) is 23.4 Å². The summed E-state index contributed by atoms with van der Waals surface area (Å²) in [5.41, 5.74) is 1.39. The van der Waals surface area contributed by atoms with Gasteiger partial charge in [0.15, 0.2) is 0 Å². The van der Waals surface area contributed by atoms with Gasteiger partial charge >= 0.3 is 5.69 Å². The number of nitrogens with one attached hydrogen (secondary N) is 1. The molecule has 1 N–H and O–H groups in total. The fraction of sp³-hybridized carbons (Fsp3) is 0.375. The van der Waals surface area contributed by atoms with Crippen LogP contribution in [0, 0.1) is 13.8 Å². The van der Waals surface area contributed by atoms with E-state index in [1.807, 2.05) is 26.0 Å². The van der Waals surface area contributed by atoms with Crippen LogP contribution in [-0.2, 0) is 28.4 Å². The highest BCUT2D eigenvalue weighted by Gasteiger charge is 2.21. The third kappa shape index (κ3) is 4.50. The lowest BCUT2D eigenvalue weighted by Gasteiger charge is -2.16. The Morgan fingerprint density at radius 2 is 1.74 bits per heavy atom. The predicted molar refractivity (Wildman–Crippen MR) is 131 cm³/mol. The Hall–Kier alpha value is -3.40. The van der Waals surface area contributed by atoms with Crippen molar-refractivity contribution in [3.63, 3.8) is 0 Å². The Kier molecular flexibility index (Phi) is 6.35. The number of hydrogen-bond acceptors (Lipinski definition) is 5. The number of aromatic nitrogens is 2. The van der Waals surface area contributed by atoms with Crippen molar-refractivity contribution < 1.29 is 13.2 Å². The lowest BCUT2D eigenvalue weighted by Crippen LogP contribution is -2.40. The standard InChI is InChI=1S/C24H28N4O5S/c1-16-6-8-20(17(2)14-16)25-34(32,33)18-7-9-21-19(15-18)23(30)28(24(31)26(21)3)13-10-22(29)27-11-4-5-12-27/h6-9,14-15,25H,4-5,10-13H2,1-3H3. The summed E-state index contributed by atoms with van der Waals surface area (Å²) in [5, 5.41) is 0.0965. The van der Waals surface area contributed by atoms with Crippen LogP contribution in [0.3, 0.4) is 0 Å². The quantitative estimate of drug-likeness (QED) is 0.576. The molecular formula is C24H28N4O5S. The normalized spacial score (nSPS) is 14.0. The molecule has 9 nitrogen and oxygen atoms in total. The Bertz CT molecular complexity index is 1500. The van der Waals surface area contributed by atoms with Crippen LogP contribution in [0.2, 0.25) is 0 Å². The van der Waals surface area contributed by atoms with E-state index in [-0.39, 0.29) is 29.2 Å². The third-order valence-corrected chi connectivity index (χ3v) is 7.63. The van der Waals surface area contributed by atoms with Crippen LogP contribution in [0.5, 0.6) is 0 Å². The van der Waals surface area contributed by atoms with E-state index < -0.39 is 21.3 Å². The Balaban J connectivity index is 1.70. The van der Waals surface area contributed by atoms with E-state index in [9.17, 15) is 22.8 Å². The van der Waals surface area contributed by atoms with Crippen LogP contribution in [0.1, 0.15) is 30.4 Å². The fourth-order valence-corrected chi connectivity index (χ4v) is 5.48. The van der Waals surface area contributed by atoms with Crippen LogP contribution < -0.4 is 16.0 Å². The van der Waals surface area contributed by atoms with Crippen molar-refractivity contribution in [1.29, 1.82) is 0 Å². The van der Waals surface area contributed by atoms with Gasteiger partial charge in [-0.1, -0.05) is 17.7 Å². The monoisotopic (exact) mass is 484 g/mol. The molecule has 0 spiro atoms. The van der Waals surface area contributed by atoms with Gasteiger partial charge in [-0.25, -0.2) is 13.2 Å². The zero-order chi connectivity index (χ0) is 24.6. The van der Waals surface area contributed by atoms with Crippen molar-refractivity contribution in [3.05, 3.63) is 68.4 Å². The molecule has 10 heteroatoms. The molecule has 1 amide bonds. The molecule has 0 atom stereocenters. The van der Waals surface area contributed by atoms with Crippen LogP contribution in [0.15, 0.2) is 50.9 Å². The topological polar surface area (TPSA) is 110 Å². The highest BCUT2D eigenvalue weighted by molar-refractivity contribution is 7.92. The van der Waals surface area contributed by atoms with Gasteiger partial charge < -0.3 is 4.90 Å². The van der Waals surface area contributed by atoms with Crippen LogP contribution in [0.4, 0.5) is 5.69 Å². The van der Waals surface area contributed by atoms with Gasteiger partial charge in [-0.15, -0.1) is 0 Å². The SMILES string of the molecule is Cc1ccc(NS(=O)(=O)c2ccc3c(c2)c(=O)n(CCC(=O)N2CCCC2)c(=O)n3C)c(C)c1. The van der Waals surface area contributed by atoms with Gasteiger partial charge in [-0.05, 0) is 56.5 Å². The molecule has 1 aliphatic rings. The number of benzene rings is 2. The number of carbonyl (C=O) groups excluding carboxylic acids is 1. The molecule has 180 valence electrons. The Labute approximate surface area is 197 Å². The van der Waals surface area contributed by atoms with Crippen molar-refractivity contribution in [2.45, 2.75) is 44.6 Å². The van der Waals surface area contributed by atoms with Gasteiger partial charge in [0.25, 0.3) is 15.6 Å². The molecule has 3 aromatic rings. The highest BCUT2D eigenvalue weighted by atomic mass is 32.2. The number of amides is 1. The van der Waals surface area contributed by atoms with Crippen molar-refractivity contribution >= 4 is 32.5 Å². The van der Waals surface area contributed by atoms with Crippen molar-refractivity contribution in [2.24, 2.45) is 7.05 Å². The molecule has 1 saturated heterocycles. The maximum absolute atomic E-state index is 13.2. The molecule has 2 heterocycles. The average Bonchev–Trinajstić information content (AvgIpc) is 3.34. The van der Waals surface area contributed by atoms with E-state index in [0.717, 1.165) is 28.5 Å². The molecule has 0 radical (unpaired) electrons. The summed E-state index contributed by atoms with van der Waals surface area (Å²) in [6, 6.07) is 9.47. The summed E-state index contributed by atoms with van der Waals surface area (Å²) in [6.45, 7) is 5.05. The number of likely N-dealkylation sites (tertiary alicyclic amines) is 1. The second-order valence-electron chi connectivity index (χ2n) is 8.74. The lowest BCUT2D eigenvalue weighted by molar-refractivity contribution is -0.130. The van der Waals surface area contributed by atoms with Gasteiger partial charge in [-0.2, -0.15) is 0 Å². The minimum absolute atomic E-state index is 0.0346. The van der Waals surface area contributed by atoms with Crippen LogP contribution in [0.25, 0.3) is 10.9 Å². The summed E-state index contributed by atoms with van der Waals surface area (Å²) in [4.78, 5) is 40.0. The van der Waals surface area contributed by atoms with Gasteiger partial charge in [0, 0.05) is 33.1 Å². The van der Waals surface area contributed by atoms with Crippen LogP contribution >= 0.6 is 0 Å². The summed E-state index contributed by atoms with van der Waals surface area (Å²) in [5.74, 6) is -0.0967. The van der Waals surface area contributed by atoms with E-state index in [0.29, 0.717) is 24.3 Å². The first-order chi connectivity index (χ1) is 16.1. The smallest absolute Gasteiger partial charge is 0.331 e. The average molecular weight is 485 g/mol. The maximum atomic E-state index is 13.2. The predicted octanol–water partition coefficient (Wildman–Crippen LogP) is 2.13. The van der Waals surface area contributed by atoms with Crippen molar-refractivity contribution in [2.75, 3.05) is 17.8 Å². The first kappa shape index (κ1) is 23.7. The lowest BCUT2D eigenvalue weighted by atomic mass is 10.1. The second kappa shape index (κ2) is 9.09. The summed E-state index contributed by atoms with van der Waals surface area (Å²) in [7, 11) is -2.46. The fourth-order valence-electron chi connectivity index (χ4n) is 4.32. The first-order valence-corrected chi connectivity index (χ1v) is 12.7. The largest absolute Gasteiger partial charge is 0.343 e. The van der Waals surface area contributed by atoms with E-state index >= 15 is 0 Å². The first-order valence-electron chi connectivity index (χ1n) is 11.2. The zero-order valence-corrected chi connectivity index (χ0v) is 20.3. The molecule has 1 aliphatic heterocycles. The maximum Gasteiger partial charge on any atom is 0.331 e. The Morgan fingerprint density at radius 3 is 2.41 bits per heavy atom. The van der Waals surface area contributed by atoms with E-state index in [1.54, 1.807) is 11.0 Å². The van der Waals surface area contributed by atoms with E-state index in [2.05, 4.69) is 4.72 Å². The summed E-state index contributed by atoms with van der Waals surface area (Å²) in [6.07, 6.45) is 1.94. The second-order valence-corrected chi connectivity index (χ2v) is 10.4. The van der Waals surface area contributed by atoms with Gasteiger partial charge in [0.1, 0.15) is 0 Å². The van der Waals surface area contributed by atoms with Gasteiger partial charge in [0.05, 0.1) is 21.5 Å². The molecule has 0 unspecified atom stereocenters.